The third-order valence-electron chi connectivity index (χ3n) is 5.23. The van der Waals surface area contributed by atoms with Crippen molar-refractivity contribution in [2.45, 2.75) is 26.7 Å². The second-order valence-corrected chi connectivity index (χ2v) is 8.07. The number of carbonyl (C=O) groups excluding carboxylic acids is 2. The summed E-state index contributed by atoms with van der Waals surface area (Å²) in [5, 5.41) is 2.82. The molecule has 0 fully saturated rings. The number of ether oxygens (including phenoxy) is 1. The molecule has 1 aliphatic rings. The van der Waals surface area contributed by atoms with Gasteiger partial charge in [0.2, 0.25) is 0 Å². The highest BCUT2D eigenvalue weighted by Crippen LogP contribution is 2.27. The minimum absolute atomic E-state index is 0.203. The van der Waals surface area contributed by atoms with Gasteiger partial charge in [-0.25, -0.2) is 9.78 Å². The molecular weight excluding hydrogens is 398 g/mol. The van der Waals surface area contributed by atoms with E-state index in [0.717, 1.165) is 46.2 Å². The Bertz CT molecular complexity index is 1100. The van der Waals surface area contributed by atoms with Crippen LogP contribution in [-0.4, -0.2) is 34.6 Å². The lowest BCUT2D eigenvalue weighted by Gasteiger charge is -2.29. The lowest BCUT2D eigenvalue weighted by Crippen LogP contribution is -2.38. The molecule has 0 bridgehead atoms. The van der Waals surface area contributed by atoms with Crippen LogP contribution in [0.1, 0.15) is 28.9 Å². The predicted molar refractivity (Wildman–Crippen MR) is 118 cm³/mol. The second-order valence-electron chi connectivity index (χ2n) is 7.20. The Balaban J connectivity index is 1.39. The van der Waals surface area contributed by atoms with Crippen molar-refractivity contribution < 1.29 is 14.3 Å². The highest BCUT2D eigenvalue weighted by Gasteiger charge is 2.22. The molecule has 0 saturated carbocycles. The number of amides is 1. The number of fused-ring (bicyclic) bond motifs is 1. The van der Waals surface area contributed by atoms with E-state index < -0.39 is 5.97 Å². The zero-order valence-corrected chi connectivity index (χ0v) is 17.8. The Morgan fingerprint density at radius 2 is 2.10 bits per heavy atom. The van der Waals surface area contributed by atoms with Crippen molar-refractivity contribution in [2.24, 2.45) is 0 Å². The van der Waals surface area contributed by atoms with Crippen molar-refractivity contribution in [3.8, 4) is 5.13 Å². The summed E-state index contributed by atoms with van der Waals surface area (Å²) < 4.78 is 7.26. The standard InChI is InChI=1S/C23H23N3O3S/c1-16-14-19(17(2)26(16)23-24-11-13-30-23)9-10-22(28)29-15-21(27)25-12-5-7-18-6-3-4-8-20(18)25/h3-4,6,8-11,13-14H,5,7,12,15H2,1-2H3/b10-9+. The number of benzene rings is 1. The number of aryl methyl sites for hydroxylation is 2. The fourth-order valence-electron chi connectivity index (χ4n) is 3.79. The Hall–Kier alpha value is -3.19. The molecule has 0 unspecified atom stereocenters. The molecule has 2 aromatic heterocycles. The molecule has 154 valence electrons. The second kappa shape index (κ2) is 8.67. The van der Waals surface area contributed by atoms with Gasteiger partial charge in [0.1, 0.15) is 0 Å². The number of nitrogens with zero attached hydrogens (tertiary/aromatic N) is 3. The summed E-state index contributed by atoms with van der Waals surface area (Å²) in [5.74, 6) is -0.737. The Morgan fingerprint density at radius 3 is 2.90 bits per heavy atom. The fraction of sp³-hybridized carbons (Fsp3) is 0.261. The number of rotatable bonds is 5. The van der Waals surface area contributed by atoms with Crippen LogP contribution in [0, 0.1) is 13.8 Å². The molecule has 7 heteroatoms. The largest absolute Gasteiger partial charge is 0.452 e. The van der Waals surface area contributed by atoms with E-state index in [1.807, 2.05) is 54.1 Å². The van der Waals surface area contributed by atoms with E-state index in [0.29, 0.717) is 6.54 Å². The van der Waals surface area contributed by atoms with Crippen LogP contribution < -0.4 is 4.90 Å². The molecule has 30 heavy (non-hydrogen) atoms. The number of anilines is 1. The van der Waals surface area contributed by atoms with Gasteiger partial charge in [0.25, 0.3) is 5.91 Å². The Labute approximate surface area is 179 Å². The molecule has 1 aliphatic heterocycles. The smallest absolute Gasteiger partial charge is 0.331 e. The van der Waals surface area contributed by atoms with Gasteiger partial charge in [-0.15, -0.1) is 11.3 Å². The van der Waals surface area contributed by atoms with Gasteiger partial charge in [-0.2, -0.15) is 0 Å². The van der Waals surface area contributed by atoms with Gasteiger partial charge >= 0.3 is 5.97 Å². The molecule has 1 aromatic carbocycles. The summed E-state index contributed by atoms with van der Waals surface area (Å²) >= 11 is 1.56. The van der Waals surface area contributed by atoms with E-state index in [-0.39, 0.29) is 12.5 Å². The summed E-state index contributed by atoms with van der Waals surface area (Å²) in [6.45, 7) is 4.36. The van der Waals surface area contributed by atoms with Crippen molar-refractivity contribution >= 4 is 35.0 Å². The molecule has 0 radical (unpaired) electrons. The van der Waals surface area contributed by atoms with E-state index in [4.69, 9.17) is 4.74 Å². The Morgan fingerprint density at radius 1 is 1.27 bits per heavy atom. The molecule has 4 rings (SSSR count). The molecule has 3 aromatic rings. The van der Waals surface area contributed by atoms with E-state index in [1.165, 1.54) is 6.08 Å². The summed E-state index contributed by atoms with van der Waals surface area (Å²) in [7, 11) is 0. The molecular formula is C23H23N3O3S. The fourth-order valence-corrected chi connectivity index (χ4v) is 4.54. The van der Waals surface area contributed by atoms with Gasteiger partial charge in [-0.1, -0.05) is 18.2 Å². The predicted octanol–water partition coefficient (Wildman–Crippen LogP) is 4.09. The first-order valence-electron chi connectivity index (χ1n) is 9.86. The number of esters is 1. The first kappa shape index (κ1) is 20.1. The number of thiazole rings is 1. The zero-order valence-electron chi connectivity index (χ0n) is 17.0. The summed E-state index contributed by atoms with van der Waals surface area (Å²) in [4.78, 5) is 30.8. The summed E-state index contributed by atoms with van der Waals surface area (Å²) in [5.41, 5.74) is 5.01. The summed E-state index contributed by atoms with van der Waals surface area (Å²) in [6, 6.07) is 9.86. The van der Waals surface area contributed by atoms with Crippen molar-refractivity contribution in [2.75, 3.05) is 18.1 Å². The van der Waals surface area contributed by atoms with E-state index in [9.17, 15) is 9.59 Å². The number of carbonyl (C=O) groups is 2. The maximum Gasteiger partial charge on any atom is 0.331 e. The quantitative estimate of drug-likeness (QED) is 0.460. The number of para-hydroxylation sites is 1. The van der Waals surface area contributed by atoms with Crippen molar-refractivity contribution in [3.63, 3.8) is 0 Å². The van der Waals surface area contributed by atoms with Gasteiger partial charge < -0.3 is 9.64 Å². The molecule has 0 N–H and O–H groups in total. The van der Waals surface area contributed by atoms with E-state index in [2.05, 4.69) is 4.98 Å². The van der Waals surface area contributed by atoms with Crippen LogP contribution in [0.25, 0.3) is 11.2 Å². The molecule has 3 heterocycles. The highest BCUT2D eigenvalue weighted by molar-refractivity contribution is 7.12. The maximum absolute atomic E-state index is 12.6. The van der Waals surface area contributed by atoms with Gasteiger partial charge in [0.05, 0.1) is 0 Å². The molecule has 0 spiro atoms. The van der Waals surface area contributed by atoms with Crippen LogP contribution in [-0.2, 0) is 20.7 Å². The maximum atomic E-state index is 12.6. The van der Waals surface area contributed by atoms with Crippen molar-refractivity contribution in [1.29, 1.82) is 0 Å². The third-order valence-corrected chi connectivity index (χ3v) is 5.99. The number of hydrogen-bond acceptors (Lipinski definition) is 5. The molecule has 0 saturated heterocycles. The van der Waals surface area contributed by atoms with Crippen LogP contribution in [0.4, 0.5) is 5.69 Å². The van der Waals surface area contributed by atoms with E-state index in [1.54, 1.807) is 28.5 Å². The SMILES string of the molecule is Cc1cc(/C=C/C(=O)OCC(=O)N2CCCc3ccccc32)c(C)n1-c1nccs1. The normalized spacial score (nSPS) is 13.5. The highest BCUT2D eigenvalue weighted by atomic mass is 32.1. The lowest BCUT2D eigenvalue weighted by molar-refractivity contribution is -0.142. The minimum Gasteiger partial charge on any atom is -0.452 e. The van der Waals surface area contributed by atoms with Crippen LogP contribution in [0.2, 0.25) is 0 Å². The van der Waals surface area contributed by atoms with Crippen molar-refractivity contribution in [1.82, 2.24) is 9.55 Å². The van der Waals surface area contributed by atoms with Crippen molar-refractivity contribution in [3.05, 3.63) is 70.5 Å². The van der Waals surface area contributed by atoms with Gasteiger partial charge in [0, 0.05) is 41.3 Å². The first-order chi connectivity index (χ1) is 14.5. The monoisotopic (exact) mass is 421 g/mol. The molecule has 0 aliphatic carbocycles. The lowest BCUT2D eigenvalue weighted by atomic mass is 10.0. The topological polar surface area (TPSA) is 64.4 Å². The first-order valence-corrected chi connectivity index (χ1v) is 10.7. The number of hydrogen-bond donors (Lipinski definition) is 0. The number of aromatic nitrogens is 2. The molecule has 6 nitrogen and oxygen atoms in total. The van der Waals surface area contributed by atoms with Gasteiger partial charge in [-0.3, -0.25) is 9.36 Å². The van der Waals surface area contributed by atoms with Gasteiger partial charge in [-0.05, 0) is 56.0 Å². The Kier molecular flexibility index (Phi) is 5.81. The average molecular weight is 422 g/mol. The van der Waals surface area contributed by atoms with Crippen LogP contribution in [0.5, 0.6) is 0 Å². The molecule has 0 atom stereocenters. The van der Waals surface area contributed by atoms with E-state index >= 15 is 0 Å². The van der Waals surface area contributed by atoms with Crippen LogP contribution in [0.3, 0.4) is 0 Å². The van der Waals surface area contributed by atoms with Gasteiger partial charge in [0.15, 0.2) is 11.7 Å². The molecule has 1 amide bonds. The minimum atomic E-state index is -0.535. The third kappa shape index (κ3) is 4.07. The average Bonchev–Trinajstić information content (AvgIpc) is 3.37. The zero-order chi connectivity index (χ0) is 21.1. The van der Waals surface area contributed by atoms with Crippen LogP contribution >= 0.6 is 11.3 Å². The summed E-state index contributed by atoms with van der Waals surface area (Å²) in [6.07, 6.45) is 6.72. The van der Waals surface area contributed by atoms with Crippen LogP contribution in [0.15, 0.2) is 48.0 Å².